The van der Waals surface area contributed by atoms with Crippen LogP contribution in [0.25, 0.3) is 10.9 Å². The summed E-state index contributed by atoms with van der Waals surface area (Å²) in [4.78, 5) is 15.6. The number of hydrogen-bond donors (Lipinski definition) is 4. The Morgan fingerprint density at radius 3 is 2.62 bits per heavy atom. The number of carbonyl (C=O) groups excluding carboxylic acids is 1. The van der Waals surface area contributed by atoms with Crippen molar-refractivity contribution in [2.75, 3.05) is 0 Å². The molecule has 7 heteroatoms. The predicted molar refractivity (Wildman–Crippen MR) is 150 cm³/mol. The van der Waals surface area contributed by atoms with Gasteiger partial charge in [-0.15, -0.1) is 10.2 Å². The van der Waals surface area contributed by atoms with Crippen LogP contribution in [-0.2, 0) is 4.79 Å². The minimum absolute atomic E-state index is 0.0730. The lowest BCUT2D eigenvalue weighted by molar-refractivity contribution is -0.174. The molecule has 4 aliphatic rings. The smallest absolute Gasteiger partial charge is 0.264 e. The number of hydrogen-bond acceptors (Lipinski definition) is 5. The molecule has 0 saturated heterocycles. The van der Waals surface area contributed by atoms with Crippen LogP contribution in [0.15, 0.2) is 34.5 Å². The lowest BCUT2D eigenvalue weighted by atomic mass is 9.43. The third-order valence-electron chi connectivity index (χ3n) is 12.2. The van der Waals surface area contributed by atoms with Crippen LogP contribution in [0.5, 0.6) is 5.88 Å². The molecule has 7 nitrogen and oxygen atoms in total. The lowest BCUT2D eigenvalue weighted by Crippen LogP contribution is -2.58. The summed E-state index contributed by atoms with van der Waals surface area (Å²) in [5.74, 6) is 2.48. The predicted octanol–water partition coefficient (Wildman–Crippen LogP) is 6.89. The Bertz CT molecular complexity index is 1260. The van der Waals surface area contributed by atoms with Gasteiger partial charge in [-0.1, -0.05) is 39.0 Å². The molecule has 4 saturated carbocycles. The largest absolute Gasteiger partial charge is 0.493 e. The van der Waals surface area contributed by atoms with Gasteiger partial charge in [-0.05, 0) is 110 Å². The van der Waals surface area contributed by atoms with E-state index in [0.717, 1.165) is 49.4 Å². The van der Waals surface area contributed by atoms with Crippen molar-refractivity contribution in [1.82, 2.24) is 4.98 Å². The van der Waals surface area contributed by atoms with E-state index >= 15 is 0 Å². The van der Waals surface area contributed by atoms with E-state index in [1.54, 1.807) is 0 Å². The highest BCUT2D eigenvalue weighted by molar-refractivity contribution is 5.94. The highest BCUT2D eigenvalue weighted by Gasteiger charge is 2.62. The number of aromatic nitrogens is 1. The number of azo groups is 1. The Hall–Kier alpha value is -2.25. The molecule has 1 heterocycles. The number of benzene rings is 1. The molecule has 1 aromatic heterocycles. The fourth-order valence-corrected chi connectivity index (χ4v) is 10.1. The van der Waals surface area contributed by atoms with Gasteiger partial charge in [-0.3, -0.25) is 4.79 Å². The third kappa shape index (κ3) is 4.44. The SMILES string of the molecule is C[C@H](CCC(=O)N=Nc1c(O)[nH]c2ccccc12)[C@H]1CC[C@H]2[C@@H]3[C@H](O)C[C@H]4C[C@@H](O)CC[C@]4(C)[C@H]3CC[C@]12C. The maximum atomic E-state index is 12.7. The number of aliphatic hydroxyl groups excluding tert-OH is 2. The fourth-order valence-electron chi connectivity index (χ4n) is 10.1. The van der Waals surface area contributed by atoms with Crippen LogP contribution in [-0.4, -0.2) is 38.4 Å². The number of fused-ring (bicyclic) bond motifs is 6. The van der Waals surface area contributed by atoms with Gasteiger partial charge >= 0.3 is 0 Å². The Labute approximate surface area is 231 Å². The average molecular weight is 536 g/mol. The maximum absolute atomic E-state index is 12.7. The molecular weight excluding hydrogens is 490 g/mol. The Morgan fingerprint density at radius 1 is 1.05 bits per heavy atom. The summed E-state index contributed by atoms with van der Waals surface area (Å²) in [7, 11) is 0. The topological polar surface area (TPSA) is 118 Å². The summed E-state index contributed by atoms with van der Waals surface area (Å²) in [5, 5.41) is 40.8. The van der Waals surface area contributed by atoms with Gasteiger partial charge in [0.25, 0.3) is 5.91 Å². The van der Waals surface area contributed by atoms with Crippen molar-refractivity contribution in [1.29, 1.82) is 0 Å². The number of nitrogens with one attached hydrogen (secondary N) is 1. The molecule has 4 fully saturated rings. The number of carbonyl (C=O) groups is 1. The lowest BCUT2D eigenvalue weighted by Gasteiger charge is -2.62. The van der Waals surface area contributed by atoms with Crippen molar-refractivity contribution in [2.45, 2.75) is 97.2 Å². The molecule has 212 valence electrons. The zero-order chi connectivity index (χ0) is 27.5. The molecule has 1 amide bonds. The normalized spacial score (nSPS) is 40.8. The number of aromatic amines is 1. The minimum atomic E-state index is -0.264. The molecule has 10 atom stereocenters. The van der Waals surface area contributed by atoms with Crippen molar-refractivity contribution in [3.63, 3.8) is 0 Å². The molecule has 2 aromatic rings. The fraction of sp³-hybridized carbons (Fsp3) is 0.719. The molecule has 0 aliphatic heterocycles. The first-order chi connectivity index (χ1) is 18.6. The summed E-state index contributed by atoms with van der Waals surface area (Å²) in [5.41, 5.74) is 1.51. The van der Waals surface area contributed by atoms with Crippen LogP contribution in [0.4, 0.5) is 5.69 Å². The average Bonchev–Trinajstić information content (AvgIpc) is 3.42. The van der Waals surface area contributed by atoms with Crippen LogP contribution in [0.3, 0.4) is 0 Å². The Kier molecular flexibility index (Phi) is 6.90. The van der Waals surface area contributed by atoms with Gasteiger partial charge in [0, 0.05) is 11.8 Å². The van der Waals surface area contributed by atoms with Crippen LogP contribution in [0.1, 0.15) is 85.0 Å². The van der Waals surface area contributed by atoms with Gasteiger partial charge in [0.2, 0.25) is 5.88 Å². The Balaban J connectivity index is 1.11. The summed E-state index contributed by atoms with van der Waals surface area (Å²) in [6, 6.07) is 7.44. The summed E-state index contributed by atoms with van der Waals surface area (Å²) in [6.07, 6.45) is 9.03. The highest BCUT2D eigenvalue weighted by Crippen LogP contribution is 2.68. The molecular formula is C32H45N3O4. The molecule has 39 heavy (non-hydrogen) atoms. The second kappa shape index (κ2) is 9.99. The molecule has 4 N–H and O–H groups in total. The van der Waals surface area contributed by atoms with Crippen LogP contribution in [0, 0.1) is 46.3 Å². The summed E-state index contributed by atoms with van der Waals surface area (Å²) < 4.78 is 0. The maximum Gasteiger partial charge on any atom is 0.264 e. The first-order valence-electron chi connectivity index (χ1n) is 15.2. The molecule has 0 bridgehead atoms. The molecule has 4 aliphatic carbocycles. The number of para-hydroxylation sites is 1. The summed E-state index contributed by atoms with van der Waals surface area (Å²) >= 11 is 0. The van der Waals surface area contributed by atoms with E-state index in [-0.39, 0.29) is 34.8 Å². The van der Waals surface area contributed by atoms with Crippen molar-refractivity contribution in [2.24, 2.45) is 56.6 Å². The zero-order valence-corrected chi connectivity index (χ0v) is 23.6. The number of H-pyrrole nitrogens is 1. The standard InChI is InChI=1S/C32H45N3O4/c1-18(8-11-27(38)34-35-29-21-6-4-5-7-25(21)33-30(29)39)22-9-10-23-28-24(13-15-32(22,23)3)31(2)14-12-20(36)16-19(31)17-26(28)37/h4-7,18-20,22-24,26,28,33,36-37,39H,8-17H2,1-3H3/t18-,19-,20+,22-,23+,24+,26-,28+,31+,32-/m1/s1. The van der Waals surface area contributed by atoms with Gasteiger partial charge in [0.05, 0.1) is 17.7 Å². The van der Waals surface area contributed by atoms with E-state index in [9.17, 15) is 20.1 Å². The first kappa shape index (κ1) is 26.9. The van der Waals surface area contributed by atoms with Gasteiger partial charge in [-0.2, -0.15) is 0 Å². The molecule has 1 aromatic carbocycles. The molecule has 0 unspecified atom stereocenters. The van der Waals surface area contributed by atoms with Crippen molar-refractivity contribution in [3.05, 3.63) is 24.3 Å². The van der Waals surface area contributed by atoms with Crippen molar-refractivity contribution in [3.8, 4) is 5.88 Å². The summed E-state index contributed by atoms with van der Waals surface area (Å²) in [6.45, 7) is 7.22. The molecule has 6 rings (SSSR count). The van der Waals surface area contributed by atoms with E-state index in [2.05, 4.69) is 36.0 Å². The Morgan fingerprint density at radius 2 is 1.79 bits per heavy atom. The van der Waals surface area contributed by atoms with Gasteiger partial charge in [0.1, 0.15) is 0 Å². The number of aliphatic hydroxyl groups is 2. The van der Waals surface area contributed by atoms with E-state index < -0.39 is 0 Å². The van der Waals surface area contributed by atoms with E-state index in [1.807, 2.05) is 24.3 Å². The van der Waals surface area contributed by atoms with E-state index in [1.165, 1.54) is 19.3 Å². The quantitative estimate of drug-likeness (QED) is 0.312. The first-order valence-corrected chi connectivity index (χ1v) is 15.2. The number of amides is 1. The van der Waals surface area contributed by atoms with Crippen molar-refractivity contribution < 1.29 is 20.1 Å². The second-order valence-corrected chi connectivity index (χ2v) is 13.9. The van der Waals surface area contributed by atoms with Crippen LogP contribution in [0.2, 0.25) is 0 Å². The van der Waals surface area contributed by atoms with Gasteiger partial charge in [0.15, 0.2) is 5.69 Å². The van der Waals surface area contributed by atoms with Crippen molar-refractivity contribution >= 4 is 22.5 Å². The zero-order valence-electron chi connectivity index (χ0n) is 23.6. The van der Waals surface area contributed by atoms with E-state index in [0.29, 0.717) is 47.6 Å². The highest BCUT2D eigenvalue weighted by atomic mass is 16.3. The number of rotatable bonds is 5. The van der Waals surface area contributed by atoms with Crippen LogP contribution >= 0.6 is 0 Å². The second-order valence-electron chi connectivity index (χ2n) is 13.9. The minimum Gasteiger partial charge on any atom is -0.493 e. The van der Waals surface area contributed by atoms with Crippen LogP contribution < -0.4 is 0 Å². The van der Waals surface area contributed by atoms with E-state index in [4.69, 9.17) is 0 Å². The van der Waals surface area contributed by atoms with Gasteiger partial charge in [-0.25, -0.2) is 0 Å². The molecule has 0 spiro atoms. The number of aromatic hydroxyl groups is 1. The monoisotopic (exact) mass is 535 g/mol. The van der Waals surface area contributed by atoms with Gasteiger partial charge < -0.3 is 20.3 Å². The third-order valence-corrected chi connectivity index (χ3v) is 12.2. The number of nitrogens with zero attached hydrogens (tertiary/aromatic N) is 2. The molecule has 0 radical (unpaired) electrons.